The molecule has 0 saturated carbocycles. The van der Waals surface area contributed by atoms with Crippen LogP contribution < -0.4 is 0 Å². The molecule has 1 aliphatic heterocycles. The normalized spacial score (nSPS) is 14.9. The fourth-order valence-electron chi connectivity index (χ4n) is 3.32. The summed E-state index contributed by atoms with van der Waals surface area (Å²) in [4.78, 5) is 62.3. The van der Waals surface area contributed by atoms with Crippen molar-refractivity contribution in [3.8, 4) is 0 Å². The van der Waals surface area contributed by atoms with E-state index in [2.05, 4.69) is 0 Å². The van der Waals surface area contributed by atoms with Gasteiger partial charge in [-0.25, -0.2) is 0 Å². The molecular formula is C20H25N3O7. The van der Waals surface area contributed by atoms with Gasteiger partial charge < -0.3 is 9.64 Å². The zero-order valence-corrected chi connectivity index (χ0v) is 17.4. The Morgan fingerprint density at radius 2 is 1.73 bits per heavy atom. The quantitative estimate of drug-likeness (QED) is 0.260. The molecule has 10 nitrogen and oxygen atoms in total. The van der Waals surface area contributed by atoms with Gasteiger partial charge in [-0.05, 0) is 32.8 Å². The number of nitro benzene ring substituents is 1. The van der Waals surface area contributed by atoms with Crippen LogP contribution in [0.2, 0.25) is 0 Å². The third-order valence-corrected chi connectivity index (χ3v) is 5.24. The standard InChI is InChI=1S/C20H25N3O7/c1-5-12(3)22(13(4)6-2)16(24)11-30-17(25)10-21-19(26)14-8-7-9-15(23(28)29)18(14)20(21)27/h7-9,12-13H,5-6,10-11H2,1-4H3/t12-,13+. The second-order valence-electron chi connectivity index (χ2n) is 7.13. The molecule has 1 aromatic rings. The van der Waals surface area contributed by atoms with Gasteiger partial charge in [0.2, 0.25) is 0 Å². The van der Waals surface area contributed by atoms with Crippen molar-refractivity contribution in [3.63, 3.8) is 0 Å². The van der Waals surface area contributed by atoms with E-state index in [-0.39, 0.29) is 29.1 Å². The number of amides is 3. The average molecular weight is 419 g/mol. The number of nitro groups is 1. The van der Waals surface area contributed by atoms with Gasteiger partial charge in [0.05, 0.1) is 10.5 Å². The molecule has 0 spiro atoms. The first-order valence-corrected chi connectivity index (χ1v) is 9.74. The predicted octanol–water partition coefficient (Wildman–Crippen LogP) is 2.16. The fraction of sp³-hybridized carbons (Fsp3) is 0.500. The predicted molar refractivity (Wildman–Crippen MR) is 106 cm³/mol. The Balaban J connectivity index is 2.06. The summed E-state index contributed by atoms with van der Waals surface area (Å²) in [6.07, 6.45) is 1.47. The van der Waals surface area contributed by atoms with E-state index in [1.54, 1.807) is 4.90 Å². The van der Waals surface area contributed by atoms with E-state index >= 15 is 0 Å². The summed E-state index contributed by atoms with van der Waals surface area (Å²) in [5.41, 5.74) is -0.997. The molecule has 0 saturated heterocycles. The van der Waals surface area contributed by atoms with Crippen LogP contribution in [0, 0.1) is 10.1 Å². The maximum Gasteiger partial charge on any atom is 0.326 e. The maximum atomic E-state index is 12.5. The highest BCUT2D eigenvalue weighted by Crippen LogP contribution is 2.30. The van der Waals surface area contributed by atoms with Crippen molar-refractivity contribution in [2.75, 3.05) is 13.2 Å². The second kappa shape index (κ2) is 9.47. The van der Waals surface area contributed by atoms with Crippen molar-refractivity contribution in [1.82, 2.24) is 9.80 Å². The van der Waals surface area contributed by atoms with Gasteiger partial charge in [0.25, 0.3) is 23.4 Å². The zero-order chi connectivity index (χ0) is 22.6. The summed E-state index contributed by atoms with van der Waals surface area (Å²) in [7, 11) is 0. The summed E-state index contributed by atoms with van der Waals surface area (Å²) in [5.74, 6) is -3.08. The smallest absolute Gasteiger partial charge is 0.326 e. The van der Waals surface area contributed by atoms with Crippen LogP contribution in [0.1, 0.15) is 61.3 Å². The van der Waals surface area contributed by atoms with E-state index in [0.717, 1.165) is 18.9 Å². The number of hydrogen-bond acceptors (Lipinski definition) is 7. The van der Waals surface area contributed by atoms with Crippen LogP contribution in [0.4, 0.5) is 5.69 Å². The van der Waals surface area contributed by atoms with Gasteiger partial charge in [0.15, 0.2) is 6.61 Å². The molecule has 0 N–H and O–H groups in total. The first kappa shape index (κ1) is 23.0. The summed E-state index contributed by atoms with van der Waals surface area (Å²) in [6, 6.07) is 3.61. The zero-order valence-electron chi connectivity index (χ0n) is 17.4. The van der Waals surface area contributed by atoms with Crippen molar-refractivity contribution in [2.24, 2.45) is 0 Å². The lowest BCUT2D eigenvalue weighted by atomic mass is 10.1. The molecule has 1 aliphatic rings. The summed E-state index contributed by atoms with van der Waals surface area (Å²) < 4.78 is 5.00. The molecular weight excluding hydrogens is 394 g/mol. The van der Waals surface area contributed by atoms with Crippen LogP contribution in [-0.4, -0.2) is 63.6 Å². The van der Waals surface area contributed by atoms with Crippen molar-refractivity contribution < 1.29 is 28.8 Å². The number of imide groups is 1. The number of esters is 1. The van der Waals surface area contributed by atoms with Crippen molar-refractivity contribution in [3.05, 3.63) is 39.4 Å². The van der Waals surface area contributed by atoms with Crippen molar-refractivity contribution in [2.45, 2.75) is 52.6 Å². The van der Waals surface area contributed by atoms with E-state index < -0.39 is 41.5 Å². The Morgan fingerprint density at radius 1 is 1.13 bits per heavy atom. The Morgan fingerprint density at radius 3 is 2.27 bits per heavy atom. The topological polar surface area (TPSA) is 127 Å². The second-order valence-corrected chi connectivity index (χ2v) is 7.13. The molecule has 0 aliphatic carbocycles. The number of rotatable bonds is 9. The number of hydrogen-bond donors (Lipinski definition) is 0. The Kier molecular flexibility index (Phi) is 7.25. The largest absolute Gasteiger partial charge is 0.454 e. The highest BCUT2D eigenvalue weighted by molar-refractivity contribution is 6.24. The lowest BCUT2D eigenvalue weighted by Crippen LogP contribution is -2.46. The average Bonchev–Trinajstić information content (AvgIpc) is 2.96. The molecule has 10 heteroatoms. The molecule has 0 radical (unpaired) electrons. The number of nitrogens with zero attached hydrogens (tertiary/aromatic N) is 3. The van der Waals surface area contributed by atoms with E-state index in [4.69, 9.17) is 4.74 Å². The molecule has 2 rings (SSSR count). The highest BCUT2D eigenvalue weighted by Gasteiger charge is 2.42. The van der Waals surface area contributed by atoms with Crippen LogP contribution in [0.5, 0.6) is 0 Å². The van der Waals surface area contributed by atoms with Crippen LogP contribution >= 0.6 is 0 Å². The molecule has 3 amide bonds. The minimum Gasteiger partial charge on any atom is -0.454 e. The van der Waals surface area contributed by atoms with Gasteiger partial charge in [-0.1, -0.05) is 19.9 Å². The Bertz CT molecular complexity index is 873. The van der Waals surface area contributed by atoms with Gasteiger partial charge >= 0.3 is 5.97 Å². The van der Waals surface area contributed by atoms with Crippen LogP contribution in [0.3, 0.4) is 0 Å². The summed E-state index contributed by atoms with van der Waals surface area (Å²) >= 11 is 0. The lowest BCUT2D eigenvalue weighted by Gasteiger charge is -2.33. The fourth-order valence-corrected chi connectivity index (χ4v) is 3.32. The number of carbonyl (C=O) groups is 4. The first-order valence-electron chi connectivity index (χ1n) is 9.74. The monoisotopic (exact) mass is 419 g/mol. The Labute approximate surface area is 173 Å². The molecule has 2 atom stereocenters. The maximum absolute atomic E-state index is 12.5. The van der Waals surface area contributed by atoms with E-state index in [1.165, 1.54) is 12.1 Å². The number of benzene rings is 1. The summed E-state index contributed by atoms with van der Waals surface area (Å²) in [5, 5.41) is 11.1. The summed E-state index contributed by atoms with van der Waals surface area (Å²) in [6.45, 7) is 6.44. The molecule has 0 unspecified atom stereocenters. The van der Waals surface area contributed by atoms with E-state index in [1.807, 2.05) is 27.7 Å². The van der Waals surface area contributed by atoms with Gasteiger partial charge in [-0.3, -0.25) is 34.2 Å². The molecule has 0 fully saturated rings. The van der Waals surface area contributed by atoms with Crippen molar-refractivity contribution >= 4 is 29.4 Å². The van der Waals surface area contributed by atoms with E-state index in [0.29, 0.717) is 4.90 Å². The van der Waals surface area contributed by atoms with Gasteiger partial charge in [-0.2, -0.15) is 0 Å². The molecule has 1 aromatic carbocycles. The number of carbonyl (C=O) groups excluding carboxylic acids is 4. The third-order valence-electron chi connectivity index (χ3n) is 5.24. The van der Waals surface area contributed by atoms with Gasteiger partial charge in [0, 0.05) is 18.2 Å². The van der Waals surface area contributed by atoms with Gasteiger partial charge in [-0.15, -0.1) is 0 Å². The third kappa shape index (κ3) is 4.47. The molecule has 162 valence electrons. The minimum absolute atomic E-state index is 0.0389. The van der Waals surface area contributed by atoms with Gasteiger partial charge in [0.1, 0.15) is 12.1 Å². The van der Waals surface area contributed by atoms with Crippen LogP contribution in [0.15, 0.2) is 18.2 Å². The molecule has 0 aromatic heterocycles. The molecule has 0 bridgehead atoms. The SMILES string of the molecule is CC[C@@H](C)N(C(=O)COC(=O)CN1C(=O)c2cccc([N+](=O)[O-])c2C1=O)[C@@H](C)CC. The first-order chi connectivity index (χ1) is 14.1. The van der Waals surface area contributed by atoms with Crippen molar-refractivity contribution in [1.29, 1.82) is 0 Å². The van der Waals surface area contributed by atoms with E-state index in [9.17, 15) is 29.3 Å². The number of ether oxygens (including phenoxy) is 1. The minimum atomic E-state index is -0.950. The van der Waals surface area contributed by atoms with Crippen LogP contribution in [0.25, 0.3) is 0 Å². The lowest BCUT2D eigenvalue weighted by molar-refractivity contribution is -0.385. The van der Waals surface area contributed by atoms with Crippen LogP contribution in [-0.2, 0) is 14.3 Å². The Hall–Kier alpha value is -3.30. The molecule has 30 heavy (non-hydrogen) atoms. The number of fused-ring (bicyclic) bond motifs is 1. The highest BCUT2D eigenvalue weighted by atomic mass is 16.6. The molecule has 1 heterocycles.